The summed E-state index contributed by atoms with van der Waals surface area (Å²) >= 11 is 0. The third kappa shape index (κ3) is 1.22. The fourth-order valence-electron chi connectivity index (χ4n) is 2.06. The summed E-state index contributed by atoms with van der Waals surface area (Å²) in [5, 5.41) is 10.7. The lowest BCUT2D eigenvalue weighted by Gasteiger charge is -2.21. The Bertz CT molecular complexity index is 512. The number of nitrogens with zero attached hydrogens (tertiary/aromatic N) is 1. The van der Waals surface area contributed by atoms with Crippen molar-refractivity contribution < 1.29 is 9.84 Å². The highest BCUT2D eigenvalue weighted by molar-refractivity contribution is 5.47. The number of aromatic nitrogens is 1. The SMILES string of the molecule is OC1(c2ccncc2)COc2ccccc21. The highest BCUT2D eigenvalue weighted by atomic mass is 16.5. The molecule has 0 fully saturated rings. The van der Waals surface area contributed by atoms with Crippen molar-refractivity contribution in [3.8, 4) is 5.75 Å². The molecule has 1 aliphatic heterocycles. The number of hydrogen-bond donors (Lipinski definition) is 1. The Kier molecular flexibility index (Phi) is 1.94. The Morgan fingerprint density at radius 2 is 1.88 bits per heavy atom. The van der Waals surface area contributed by atoms with Crippen molar-refractivity contribution in [1.29, 1.82) is 0 Å². The van der Waals surface area contributed by atoms with Crippen LogP contribution in [0.3, 0.4) is 0 Å². The van der Waals surface area contributed by atoms with Crippen LogP contribution < -0.4 is 4.74 Å². The summed E-state index contributed by atoms with van der Waals surface area (Å²) in [6.45, 7) is 0.260. The minimum absolute atomic E-state index is 0.260. The third-order valence-corrected chi connectivity index (χ3v) is 2.93. The van der Waals surface area contributed by atoms with Gasteiger partial charge in [0.2, 0.25) is 0 Å². The molecule has 0 bridgehead atoms. The molecule has 16 heavy (non-hydrogen) atoms. The zero-order chi connectivity index (χ0) is 11.0. The van der Waals surface area contributed by atoms with Gasteiger partial charge in [0.05, 0.1) is 0 Å². The molecule has 0 saturated heterocycles. The summed E-state index contributed by atoms with van der Waals surface area (Å²) in [4.78, 5) is 3.95. The van der Waals surface area contributed by atoms with E-state index in [4.69, 9.17) is 4.74 Å². The quantitative estimate of drug-likeness (QED) is 0.784. The van der Waals surface area contributed by atoms with E-state index in [2.05, 4.69) is 4.98 Å². The summed E-state index contributed by atoms with van der Waals surface area (Å²) in [7, 11) is 0. The maximum absolute atomic E-state index is 10.7. The minimum Gasteiger partial charge on any atom is -0.489 e. The first-order valence-electron chi connectivity index (χ1n) is 5.16. The molecule has 3 heteroatoms. The molecule has 0 radical (unpaired) electrons. The Labute approximate surface area is 93.3 Å². The average molecular weight is 213 g/mol. The van der Waals surface area contributed by atoms with Gasteiger partial charge < -0.3 is 9.84 Å². The molecule has 0 amide bonds. The number of benzene rings is 1. The van der Waals surface area contributed by atoms with Crippen LogP contribution in [0.25, 0.3) is 0 Å². The topological polar surface area (TPSA) is 42.4 Å². The molecule has 0 aliphatic carbocycles. The Hall–Kier alpha value is -1.87. The molecule has 1 aliphatic rings. The highest BCUT2D eigenvalue weighted by Gasteiger charge is 2.39. The molecule has 2 aromatic rings. The largest absolute Gasteiger partial charge is 0.489 e. The van der Waals surface area contributed by atoms with Gasteiger partial charge in [0.1, 0.15) is 12.4 Å². The van der Waals surface area contributed by atoms with Gasteiger partial charge in [-0.3, -0.25) is 4.98 Å². The van der Waals surface area contributed by atoms with Crippen LogP contribution in [-0.4, -0.2) is 16.7 Å². The van der Waals surface area contributed by atoms with Gasteiger partial charge in [-0.1, -0.05) is 18.2 Å². The van der Waals surface area contributed by atoms with Crippen LogP contribution in [0.15, 0.2) is 48.8 Å². The molecule has 1 unspecified atom stereocenters. The van der Waals surface area contributed by atoms with E-state index in [0.717, 1.165) is 16.9 Å². The van der Waals surface area contributed by atoms with Crippen LogP contribution >= 0.6 is 0 Å². The summed E-state index contributed by atoms with van der Waals surface area (Å²) in [6.07, 6.45) is 3.35. The van der Waals surface area contributed by atoms with E-state index < -0.39 is 5.60 Å². The lowest BCUT2D eigenvalue weighted by molar-refractivity contribution is 0.0559. The molecule has 2 heterocycles. The minimum atomic E-state index is -1.04. The van der Waals surface area contributed by atoms with Crippen molar-refractivity contribution in [3.05, 3.63) is 59.9 Å². The van der Waals surface area contributed by atoms with Crippen LogP contribution in [0.5, 0.6) is 5.75 Å². The fourth-order valence-corrected chi connectivity index (χ4v) is 2.06. The van der Waals surface area contributed by atoms with Gasteiger partial charge in [0.15, 0.2) is 5.60 Å². The van der Waals surface area contributed by atoms with Gasteiger partial charge in [-0.05, 0) is 23.8 Å². The molecule has 3 nitrogen and oxygen atoms in total. The molecule has 3 rings (SSSR count). The number of ether oxygens (including phenoxy) is 1. The molecule has 0 saturated carbocycles. The fraction of sp³-hybridized carbons (Fsp3) is 0.154. The molecular formula is C13H11NO2. The van der Waals surface area contributed by atoms with Gasteiger partial charge in [-0.15, -0.1) is 0 Å². The van der Waals surface area contributed by atoms with Gasteiger partial charge >= 0.3 is 0 Å². The van der Waals surface area contributed by atoms with E-state index in [-0.39, 0.29) is 6.61 Å². The predicted octanol–water partition coefficient (Wildman–Crippen LogP) is 1.71. The number of rotatable bonds is 1. The first kappa shape index (κ1) is 9.36. The normalized spacial score (nSPS) is 22.6. The second kappa shape index (κ2) is 3.32. The van der Waals surface area contributed by atoms with E-state index in [1.807, 2.05) is 36.4 Å². The van der Waals surface area contributed by atoms with Crippen molar-refractivity contribution in [2.75, 3.05) is 6.61 Å². The number of aliphatic hydroxyl groups is 1. The number of hydrogen-bond acceptors (Lipinski definition) is 3. The molecule has 1 N–H and O–H groups in total. The monoisotopic (exact) mass is 213 g/mol. The van der Waals surface area contributed by atoms with E-state index in [1.54, 1.807) is 12.4 Å². The van der Waals surface area contributed by atoms with Crippen LogP contribution in [0, 0.1) is 0 Å². The molecule has 0 spiro atoms. The number of para-hydroxylation sites is 1. The van der Waals surface area contributed by atoms with Crippen molar-refractivity contribution in [3.63, 3.8) is 0 Å². The van der Waals surface area contributed by atoms with E-state index >= 15 is 0 Å². The molecule has 1 aromatic carbocycles. The lowest BCUT2D eigenvalue weighted by atomic mass is 9.89. The predicted molar refractivity (Wildman–Crippen MR) is 59.2 cm³/mol. The Balaban J connectivity index is 2.15. The van der Waals surface area contributed by atoms with Gasteiger partial charge in [-0.25, -0.2) is 0 Å². The van der Waals surface area contributed by atoms with E-state index in [1.165, 1.54) is 0 Å². The standard InChI is InChI=1S/C13H11NO2/c15-13(10-5-7-14-8-6-10)9-16-12-4-2-1-3-11(12)13/h1-8,15H,9H2. The first-order chi connectivity index (χ1) is 7.81. The molecular weight excluding hydrogens is 202 g/mol. The van der Waals surface area contributed by atoms with Crippen LogP contribution in [0.1, 0.15) is 11.1 Å². The van der Waals surface area contributed by atoms with Gasteiger partial charge in [0.25, 0.3) is 0 Å². The molecule has 1 atom stereocenters. The summed E-state index contributed by atoms with van der Waals surface area (Å²) in [5.74, 6) is 0.752. The summed E-state index contributed by atoms with van der Waals surface area (Å²) < 4.78 is 5.50. The van der Waals surface area contributed by atoms with E-state index in [9.17, 15) is 5.11 Å². The van der Waals surface area contributed by atoms with Crippen molar-refractivity contribution in [2.45, 2.75) is 5.60 Å². The maximum Gasteiger partial charge on any atom is 0.152 e. The second-order valence-corrected chi connectivity index (χ2v) is 3.88. The lowest BCUT2D eigenvalue weighted by Crippen LogP contribution is -2.28. The first-order valence-corrected chi connectivity index (χ1v) is 5.16. The number of fused-ring (bicyclic) bond motifs is 1. The van der Waals surface area contributed by atoms with Crippen molar-refractivity contribution in [1.82, 2.24) is 4.98 Å². The Morgan fingerprint density at radius 1 is 1.12 bits per heavy atom. The smallest absolute Gasteiger partial charge is 0.152 e. The van der Waals surface area contributed by atoms with Crippen LogP contribution in [-0.2, 0) is 5.60 Å². The van der Waals surface area contributed by atoms with Gasteiger partial charge in [-0.2, -0.15) is 0 Å². The van der Waals surface area contributed by atoms with Crippen LogP contribution in [0.4, 0.5) is 0 Å². The third-order valence-electron chi connectivity index (χ3n) is 2.93. The molecule has 1 aromatic heterocycles. The summed E-state index contributed by atoms with van der Waals surface area (Å²) in [5.41, 5.74) is 0.591. The maximum atomic E-state index is 10.7. The Morgan fingerprint density at radius 3 is 2.69 bits per heavy atom. The van der Waals surface area contributed by atoms with Crippen LogP contribution in [0.2, 0.25) is 0 Å². The average Bonchev–Trinajstić information content (AvgIpc) is 2.71. The summed E-state index contributed by atoms with van der Waals surface area (Å²) in [6, 6.07) is 11.2. The van der Waals surface area contributed by atoms with E-state index in [0.29, 0.717) is 0 Å². The van der Waals surface area contributed by atoms with Gasteiger partial charge in [0, 0.05) is 18.0 Å². The second-order valence-electron chi connectivity index (χ2n) is 3.88. The van der Waals surface area contributed by atoms with Crippen molar-refractivity contribution >= 4 is 0 Å². The number of pyridine rings is 1. The highest BCUT2D eigenvalue weighted by Crippen LogP contribution is 2.40. The van der Waals surface area contributed by atoms with Crippen molar-refractivity contribution in [2.24, 2.45) is 0 Å². The molecule has 80 valence electrons. The zero-order valence-corrected chi connectivity index (χ0v) is 8.63. The zero-order valence-electron chi connectivity index (χ0n) is 8.63.